The molecule has 0 radical (unpaired) electrons. The average molecular weight is 317 g/mol. The Morgan fingerprint density at radius 3 is 2.70 bits per heavy atom. The zero-order valence-electron chi connectivity index (χ0n) is 15.1. The van der Waals surface area contributed by atoms with E-state index in [1.165, 1.54) is 0 Å². The zero-order valence-corrected chi connectivity index (χ0v) is 15.1. The maximum atomic E-state index is 12.7. The van der Waals surface area contributed by atoms with Gasteiger partial charge in [0.05, 0.1) is 0 Å². The molecule has 4 heteroatoms. The predicted molar refractivity (Wildman–Crippen MR) is 97.1 cm³/mol. The van der Waals surface area contributed by atoms with Crippen molar-refractivity contribution in [1.82, 2.24) is 10.6 Å². The smallest absolute Gasteiger partial charge is 0.251 e. The molecule has 1 aromatic carbocycles. The molecular formula is C19H31N3O. The lowest BCUT2D eigenvalue weighted by Gasteiger charge is -2.31. The Morgan fingerprint density at radius 2 is 2.04 bits per heavy atom. The summed E-state index contributed by atoms with van der Waals surface area (Å²) < 4.78 is 0. The predicted octanol–water partition coefficient (Wildman–Crippen LogP) is 3.32. The molecule has 0 spiro atoms. The summed E-state index contributed by atoms with van der Waals surface area (Å²) in [6, 6.07) is 6.83. The van der Waals surface area contributed by atoms with Crippen LogP contribution >= 0.6 is 0 Å². The lowest BCUT2D eigenvalue weighted by Crippen LogP contribution is -2.52. The number of piperidine rings is 1. The summed E-state index contributed by atoms with van der Waals surface area (Å²) in [6.07, 6.45) is 2.16. The molecule has 3 unspecified atom stereocenters. The lowest BCUT2D eigenvalue weighted by atomic mass is 9.98. The number of anilines is 1. The van der Waals surface area contributed by atoms with Crippen molar-refractivity contribution in [3.05, 3.63) is 29.3 Å². The number of hydrogen-bond acceptors (Lipinski definition) is 3. The maximum absolute atomic E-state index is 12.7. The highest BCUT2D eigenvalue weighted by Gasteiger charge is 2.23. The Morgan fingerprint density at radius 1 is 1.30 bits per heavy atom. The van der Waals surface area contributed by atoms with Gasteiger partial charge in [0.25, 0.3) is 5.91 Å². The van der Waals surface area contributed by atoms with Gasteiger partial charge in [-0.15, -0.1) is 0 Å². The Bertz CT molecular complexity index is 541. The first kappa shape index (κ1) is 17.8. The summed E-state index contributed by atoms with van der Waals surface area (Å²) in [7, 11) is 0. The van der Waals surface area contributed by atoms with E-state index < -0.39 is 0 Å². The first-order chi connectivity index (χ1) is 10.9. The molecule has 1 saturated heterocycles. The molecule has 0 aliphatic carbocycles. The van der Waals surface area contributed by atoms with E-state index in [9.17, 15) is 4.79 Å². The Hall–Kier alpha value is -1.55. The molecular weight excluding hydrogens is 286 g/mol. The van der Waals surface area contributed by atoms with E-state index in [-0.39, 0.29) is 11.9 Å². The molecule has 1 fully saturated rings. The second-order valence-corrected chi connectivity index (χ2v) is 7.12. The fraction of sp³-hybridized carbons (Fsp3) is 0.632. The molecule has 0 aromatic heterocycles. The maximum Gasteiger partial charge on any atom is 0.251 e. The second kappa shape index (κ2) is 7.82. The van der Waals surface area contributed by atoms with Crippen molar-refractivity contribution in [3.8, 4) is 0 Å². The molecule has 4 nitrogen and oxygen atoms in total. The minimum Gasteiger partial charge on any atom is -0.382 e. The minimum atomic E-state index is 0.0314. The number of carbonyl (C=O) groups excluding carboxylic acids is 1. The summed E-state index contributed by atoms with van der Waals surface area (Å²) in [4.78, 5) is 12.7. The summed E-state index contributed by atoms with van der Waals surface area (Å²) in [6.45, 7) is 11.8. The van der Waals surface area contributed by atoms with Gasteiger partial charge in [-0.1, -0.05) is 19.9 Å². The number of hydrogen-bond donors (Lipinski definition) is 3. The van der Waals surface area contributed by atoms with Crippen molar-refractivity contribution < 1.29 is 4.79 Å². The fourth-order valence-electron chi connectivity index (χ4n) is 2.94. The molecule has 128 valence electrons. The Balaban J connectivity index is 2.11. The van der Waals surface area contributed by atoms with Crippen LogP contribution in [0.5, 0.6) is 0 Å². The van der Waals surface area contributed by atoms with Crippen molar-refractivity contribution in [2.45, 2.75) is 65.6 Å². The van der Waals surface area contributed by atoms with Gasteiger partial charge in [-0.3, -0.25) is 4.79 Å². The van der Waals surface area contributed by atoms with Gasteiger partial charge in [-0.05, 0) is 63.8 Å². The van der Waals surface area contributed by atoms with E-state index in [1.54, 1.807) is 0 Å². The van der Waals surface area contributed by atoms with E-state index >= 15 is 0 Å². The lowest BCUT2D eigenvalue weighted by molar-refractivity contribution is 0.0919. The van der Waals surface area contributed by atoms with Gasteiger partial charge in [0.1, 0.15) is 0 Å². The number of rotatable bonds is 5. The monoisotopic (exact) mass is 317 g/mol. The van der Waals surface area contributed by atoms with Gasteiger partial charge >= 0.3 is 0 Å². The van der Waals surface area contributed by atoms with Gasteiger partial charge < -0.3 is 16.0 Å². The van der Waals surface area contributed by atoms with Gasteiger partial charge in [0.2, 0.25) is 0 Å². The van der Waals surface area contributed by atoms with Gasteiger partial charge in [-0.2, -0.15) is 0 Å². The van der Waals surface area contributed by atoms with Crippen molar-refractivity contribution in [2.75, 3.05) is 11.9 Å². The highest BCUT2D eigenvalue weighted by atomic mass is 16.1. The first-order valence-electron chi connectivity index (χ1n) is 8.80. The van der Waals surface area contributed by atoms with Crippen LogP contribution in [0.3, 0.4) is 0 Å². The van der Waals surface area contributed by atoms with Crippen molar-refractivity contribution in [3.63, 3.8) is 0 Å². The van der Waals surface area contributed by atoms with Crippen molar-refractivity contribution >= 4 is 11.6 Å². The third-order valence-corrected chi connectivity index (χ3v) is 5.04. The molecule has 2 rings (SSSR count). The van der Waals surface area contributed by atoms with Crippen LogP contribution in [-0.4, -0.2) is 30.6 Å². The normalized spacial score (nSPS) is 22.7. The number of carbonyl (C=O) groups is 1. The SMILES string of the molecule is Cc1c(NC(C)C(C)C)cccc1C(=O)NC1CCCNC1C. The van der Waals surface area contributed by atoms with Crippen LogP contribution in [0.1, 0.15) is 56.5 Å². The average Bonchev–Trinajstić information content (AvgIpc) is 2.51. The Kier molecular flexibility index (Phi) is 6.05. The molecule has 0 saturated carbocycles. The second-order valence-electron chi connectivity index (χ2n) is 7.12. The van der Waals surface area contributed by atoms with E-state index in [2.05, 4.69) is 49.7 Å². The van der Waals surface area contributed by atoms with Crippen molar-refractivity contribution in [2.24, 2.45) is 5.92 Å². The minimum absolute atomic E-state index is 0.0314. The van der Waals surface area contributed by atoms with Crippen LogP contribution in [0.15, 0.2) is 18.2 Å². The highest BCUT2D eigenvalue weighted by Crippen LogP contribution is 2.22. The Labute approximate surface area is 140 Å². The quantitative estimate of drug-likeness (QED) is 0.781. The molecule has 3 atom stereocenters. The largest absolute Gasteiger partial charge is 0.382 e. The van der Waals surface area contributed by atoms with Crippen LogP contribution in [0.4, 0.5) is 5.69 Å². The molecule has 1 aliphatic heterocycles. The molecule has 1 aliphatic rings. The van der Waals surface area contributed by atoms with Gasteiger partial charge in [-0.25, -0.2) is 0 Å². The van der Waals surface area contributed by atoms with E-state index in [0.717, 1.165) is 36.2 Å². The molecule has 1 heterocycles. The third-order valence-electron chi connectivity index (χ3n) is 5.04. The van der Waals surface area contributed by atoms with Gasteiger partial charge in [0.15, 0.2) is 0 Å². The number of benzene rings is 1. The topological polar surface area (TPSA) is 53.2 Å². The summed E-state index contributed by atoms with van der Waals surface area (Å²) in [5.41, 5.74) is 2.84. The number of amides is 1. The van der Waals surface area contributed by atoms with Crippen LogP contribution in [0.25, 0.3) is 0 Å². The first-order valence-corrected chi connectivity index (χ1v) is 8.80. The molecule has 3 N–H and O–H groups in total. The standard InChI is InChI=1S/C19H31N3O/c1-12(2)14(4)21-17-9-6-8-16(13(17)3)19(23)22-18-10-7-11-20-15(18)5/h6,8-9,12,14-15,18,20-21H,7,10-11H2,1-5H3,(H,22,23). The summed E-state index contributed by atoms with van der Waals surface area (Å²) in [5, 5.41) is 10.2. The molecule has 1 amide bonds. The zero-order chi connectivity index (χ0) is 17.0. The molecule has 23 heavy (non-hydrogen) atoms. The van der Waals surface area contributed by atoms with Crippen LogP contribution in [0, 0.1) is 12.8 Å². The fourth-order valence-corrected chi connectivity index (χ4v) is 2.94. The van der Waals surface area contributed by atoms with Crippen molar-refractivity contribution in [1.29, 1.82) is 0 Å². The van der Waals surface area contributed by atoms with Gasteiger partial charge in [0, 0.05) is 29.4 Å². The molecule has 0 bridgehead atoms. The highest BCUT2D eigenvalue weighted by molar-refractivity contribution is 5.97. The van der Waals surface area contributed by atoms with Crippen LogP contribution in [0.2, 0.25) is 0 Å². The molecule has 1 aromatic rings. The summed E-state index contributed by atoms with van der Waals surface area (Å²) >= 11 is 0. The number of nitrogens with one attached hydrogen (secondary N) is 3. The van der Waals surface area contributed by atoms with Crippen LogP contribution < -0.4 is 16.0 Å². The van der Waals surface area contributed by atoms with E-state index in [0.29, 0.717) is 18.0 Å². The summed E-state index contributed by atoms with van der Waals surface area (Å²) in [5.74, 6) is 0.574. The third kappa shape index (κ3) is 4.47. The van der Waals surface area contributed by atoms with Crippen LogP contribution in [-0.2, 0) is 0 Å². The van der Waals surface area contributed by atoms with E-state index in [1.807, 2.05) is 19.1 Å². The van der Waals surface area contributed by atoms with E-state index in [4.69, 9.17) is 0 Å².